The third-order valence-corrected chi connectivity index (χ3v) is 2.79. The topological polar surface area (TPSA) is 0 Å². The predicted molar refractivity (Wildman–Crippen MR) is 41.2 cm³/mol. The molecule has 0 saturated heterocycles. The van der Waals surface area contributed by atoms with Gasteiger partial charge in [-0.1, -0.05) is 39.8 Å². The van der Waals surface area contributed by atoms with Gasteiger partial charge in [0.15, 0.2) is 0 Å². The minimum atomic E-state index is 0.444. The summed E-state index contributed by atoms with van der Waals surface area (Å²) in [5.41, 5.74) is 0.444. The second-order valence-electron chi connectivity index (χ2n) is 3.83. The molecule has 0 radical (unpaired) electrons. The maximum Gasteiger partial charge on any atom is -0.0144 e. The van der Waals surface area contributed by atoms with Crippen molar-refractivity contribution in [2.24, 2.45) is 17.3 Å². The molecular formula is C9H16. The molecule has 1 aliphatic rings. The van der Waals surface area contributed by atoms with Crippen LogP contribution in [-0.2, 0) is 0 Å². The molecule has 0 nitrogen and oxygen atoms in total. The highest BCUT2D eigenvalue weighted by Crippen LogP contribution is 2.39. The number of hydrogen-bond acceptors (Lipinski definition) is 0. The van der Waals surface area contributed by atoms with E-state index in [4.69, 9.17) is 0 Å². The minimum absolute atomic E-state index is 0.444. The maximum atomic E-state index is 2.34. The fourth-order valence-corrected chi connectivity index (χ4v) is 1.40. The lowest BCUT2D eigenvalue weighted by Gasteiger charge is -2.25. The summed E-state index contributed by atoms with van der Waals surface area (Å²) in [6.07, 6.45) is 4.66. The van der Waals surface area contributed by atoms with Crippen molar-refractivity contribution in [1.82, 2.24) is 0 Å². The molecule has 2 unspecified atom stereocenters. The van der Waals surface area contributed by atoms with E-state index in [0.717, 1.165) is 11.8 Å². The molecule has 0 aromatic heterocycles. The molecule has 0 fully saturated rings. The molecule has 0 heteroatoms. The predicted octanol–water partition coefficient (Wildman–Crippen LogP) is 2.85. The van der Waals surface area contributed by atoms with Gasteiger partial charge in [-0.15, -0.1) is 0 Å². The zero-order valence-electron chi connectivity index (χ0n) is 6.81. The summed E-state index contributed by atoms with van der Waals surface area (Å²) in [5.74, 6) is 1.59. The van der Waals surface area contributed by atoms with Crippen molar-refractivity contribution in [2.75, 3.05) is 0 Å². The lowest BCUT2D eigenvalue weighted by atomic mass is 9.80. The Morgan fingerprint density at radius 2 is 1.78 bits per heavy atom. The SMILES string of the molecule is CC1C=CC(C)(C)C1C. The summed E-state index contributed by atoms with van der Waals surface area (Å²) < 4.78 is 0. The number of allylic oxidation sites excluding steroid dienone is 2. The Balaban J connectivity index is 2.74. The van der Waals surface area contributed by atoms with E-state index < -0.39 is 0 Å². The van der Waals surface area contributed by atoms with Crippen molar-refractivity contribution < 1.29 is 0 Å². The van der Waals surface area contributed by atoms with Gasteiger partial charge in [-0.3, -0.25) is 0 Å². The van der Waals surface area contributed by atoms with E-state index in [1.165, 1.54) is 0 Å². The minimum Gasteiger partial charge on any atom is -0.0848 e. The van der Waals surface area contributed by atoms with Crippen molar-refractivity contribution in [2.45, 2.75) is 27.7 Å². The molecule has 0 aliphatic heterocycles. The van der Waals surface area contributed by atoms with Crippen LogP contribution in [0.1, 0.15) is 27.7 Å². The molecule has 0 saturated carbocycles. The Kier molecular flexibility index (Phi) is 1.42. The van der Waals surface area contributed by atoms with Crippen LogP contribution in [0, 0.1) is 17.3 Å². The van der Waals surface area contributed by atoms with Crippen LogP contribution in [0.25, 0.3) is 0 Å². The molecule has 1 aliphatic carbocycles. The van der Waals surface area contributed by atoms with Crippen LogP contribution in [0.5, 0.6) is 0 Å². The van der Waals surface area contributed by atoms with Crippen LogP contribution in [0.4, 0.5) is 0 Å². The summed E-state index contributed by atoms with van der Waals surface area (Å²) in [6.45, 7) is 9.22. The zero-order chi connectivity index (χ0) is 7.07. The Hall–Kier alpha value is -0.260. The molecule has 0 spiro atoms. The fraction of sp³-hybridized carbons (Fsp3) is 0.778. The van der Waals surface area contributed by atoms with E-state index in [-0.39, 0.29) is 0 Å². The highest BCUT2D eigenvalue weighted by Gasteiger charge is 2.30. The van der Waals surface area contributed by atoms with Gasteiger partial charge in [-0.05, 0) is 17.3 Å². The van der Waals surface area contributed by atoms with E-state index in [0.29, 0.717) is 5.41 Å². The van der Waals surface area contributed by atoms with Crippen LogP contribution in [0.2, 0.25) is 0 Å². The smallest absolute Gasteiger partial charge is 0.0144 e. The molecule has 0 aromatic rings. The van der Waals surface area contributed by atoms with Gasteiger partial charge in [-0.2, -0.15) is 0 Å². The van der Waals surface area contributed by atoms with E-state index in [1.54, 1.807) is 0 Å². The van der Waals surface area contributed by atoms with Gasteiger partial charge in [0.25, 0.3) is 0 Å². The van der Waals surface area contributed by atoms with Gasteiger partial charge >= 0.3 is 0 Å². The number of rotatable bonds is 0. The van der Waals surface area contributed by atoms with Crippen molar-refractivity contribution in [3.63, 3.8) is 0 Å². The molecule has 0 amide bonds. The first-order chi connectivity index (χ1) is 4.04. The lowest BCUT2D eigenvalue weighted by molar-refractivity contribution is 0.283. The molecule has 0 heterocycles. The van der Waals surface area contributed by atoms with Gasteiger partial charge in [0.05, 0.1) is 0 Å². The summed E-state index contributed by atoms with van der Waals surface area (Å²) in [4.78, 5) is 0. The normalized spacial score (nSPS) is 39.6. The lowest BCUT2D eigenvalue weighted by Crippen LogP contribution is -2.17. The third kappa shape index (κ3) is 1.03. The highest BCUT2D eigenvalue weighted by atomic mass is 14.4. The van der Waals surface area contributed by atoms with Gasteiger partial charge in [0.2, 0.25) is 0 Å². The van der Waals surface area contributed by atoms with Crippen LogP contribution in [-0.4, -0.2) is 0 Å². The van der Waals surface area contributed by atoms with E-state index in [2.05, 4.69) is 39.8 Å². The molecule has 0 bridgehead atoms. The maximum absolute atomic E-state index is 2.34. The van der Waals surface area contributed by atoms with Gasteiger partial charge in [-0.25, -0.2) is 0 Å². The van der Waals surface area contributed by atoms with Crippen molar-refractivity contribution in [1.29, 1.82) is 0 Å². The first kappa shape index (κ1) is 6.85. The Morgan fingerprint density at radius 1 is 1.22 bits per heavy atom. The molecule has 2 atom stereocenters. The largest absolute Gasteiger partial charge is 0.0848 e. The molecule has 52 valence electrons. The second-order valence-corrected chi connectivity index (χ2v) is 3.83. The standard InChI is InChI=1S/C9H16/c1-7-5-6-9(3,4)8(7)2/h5-8H,1-4H3. The second kappa shape index (κ2) is 1.86. The van der Waals surface area contributed by atoms with E-state index >= 15 is 0 Å². The molecule has 0 aromatic carbocycles. The van der Waals surface area contributed by atoms with Crippen LogP contribution >= 0.6 is 0 Å². The summed E-state index contributed by atoms with van der Waals surface area (Å²) in [5, 5.41) is 0. The van der Waals surface area contributed by atoms with Crippen LogP contribution < -0.4 is 0 Å². The molecule has 9 heavy (non-hydrogen) atoms. The Bertz CT molecular complexity index is 131. The van der Waals surface area contributed by atoms with Crippen molar-refractivity contribution >= 4 is 0 Å². The summed E-state index contributed by atoms with van der Waals surface area (Å²) in [6, 6.07) is 0. The third-order valence-electron chi connectivity index (χ3n) is 2.79. The molecule has 0 N–H and O–H groups in total. The van der Waals surface area contributed by atoms with Crippen LogP contribution in [0.3, 0.4) is 0 Å². The van der Waals surface area contributed by atoms with Crippen molar-refractivity contribution in [3.8, 4) is 0 Å². The highest BCUT2D eigenvalue weighted by molar-refractivity contribution is 5.09. The Morgan fingerprint density at radius 3 is 1.89 bits per heavy atom. The first-order valence-corrected chi connectivity index (χ1v) is 3.73. The van der Waals surface area contributed by atoms with E-state index in [1.807, 2.05) is 0 Å². The fourth-order valence-electron chi connectivity index (χ4n) is 1.40. The summed E-state index contributed by atoms with van der Waals surface area (Å²) >= 11 is 0. The molecular weight excluding hydrogens is 108 g/mol. The van der Waals surface area contributed by atoms with E-state index in [9.17, 15) is 0 Å². The average molecular weight is 124 g/mol. The van der Waals surface area contributed by atoms with Crippen molar-refractivity contribution in [3.05, 3.63) is 12.2 Å². The number of hydrogen-bond donors (Lipinski definition) is 0. The Labute approximate surface area is 58.0 Å². The van der Waals surface area contributed by atoms with Gasteiger partial charge in [0.1, 0.15) is 0 Å². The quantitative estimate of drug-likeness (QED) is 0.435. The van der Waals surface area contributed by atoms with Crippen LogP contribution in [0.15, 0.2) is 12.2 Å². The molecule has 1 rings (SSSR count). The van der Waals surface area contributed by atoms with Gasteiger partial charge in [0, 0.05) is 0 Å². The zero-order valence-corrected chi connectivity index (χ0v) is 6.81. The summed E-state index contributed by atoms with van der Waals surface area (Å²) in [7, 11) is 0. The van der Waals surface area contributed by atoms with Gasteiger partial charge < -0.3 is 0 Å². The monoisotopic (exact) mass is 124 g/mol. The average Bonchev–Trinajstić information content (AvgIpc) is 1.97. The first-order valence-electron chi connectivity index (χ1n) is 3.73.